The van der Waals surface area contributed by atoms with Crippen LogP contribution in [0.5, 0.6) is 0 Å². The molecule has 0 fully saturated rings. The number of unbranched alkanes of at least 4 members (excludes halogenated alkanes) is 1. The summed E-state index contributed by atoms with van der Waals surface area (Å²) in [6.07, 6.45) is 3.53. The third-order valence-corrected chi connectivity index (χ3v) is 0.670. The molecule has 0 saturated heterocycles. The van der Waals surface area contributed by atoms with Gasteiger partial charge in [0.1, 0.15) is 0 Å². The van der Waals surface area contributed by atoms with Crippen molar-refractivity contribution in [2.45, 2.75) is 32.6 Å². The Hall–Kier alpha value is 0.719. The van der Waals surface area contributed by atoms with Crippen molar-refractivity contribution in [3.63, 3.8) is 0 Å². The second kappa shape index (κ2) is 38.7. The summed E-state index contributed by atoms with van der Waals surface area (Å²) < 4.78 is 0. The first kappa shape index (κ1) is 23.5. The minimum Gasteiger partial charge on any atom is -0.396 e. The van der Waals surface area contributed by atoms with Gasteiger partial charge >= 0.3 is 0 Å². The normalized spacial score (nSPS) is 6.92. The zero-order valence-corrected chi connectivity index (χ0v) is 11.6. The number of hydrogen-bond acceptors (Lipinski definition) is 2. The Labute approximate surface area is 102 Å². The molecule has 81 valence electrons. The van der Waals surface area contributed by atoms with Crippen molar-refractivity contribution in [3.8, 4) is 0 Å². The molecule has 0 saturated carbocycles. The van der Waals surface area contributed by atoms with E-state index in [4.69, 9.17) is 10.2 Å². The van der Waals surface area contributed by atoms with E-state index in [-0.39, 0.29) is 38.5 Å². The Balaban J connectivity index is -0.0000000270. The maximum Gasteiger partial charge on any atom is 0.0431 e. The van der Waals surface area contributed by atoms with Crippen LogP contribution in [-0.2, 0) is 0 Å². The van der Waals surface area contributed by atoms with E-state index in [1.165, 1.54) is 6.42 Å². The fourth-order valence-electron chi connectivity index (χ4n) is 0. The van der Waals surface area contributed by atoms with Crippen LogP contribution in [0.4, 0.5) is 0 Å². The van der Waals surface area contributed by atoms with E-state index in [0.717, 1.165) is 6.42 Å². The van der Waals surface area contributed by atoms with Gasteiger partial charge in [-0.3, -0.25) is 0 Å². The molecule has 13 heavy (non-hydrogen) atoms. The van der Waals surface area contributed by atoms with Crippen LogP contribution in [0.2, 0.25) is 0 Å². The largest absolute Gasteiger partial charge is 0.396 e. The van der Waals surface area contributed by atoms with Crippen molar-refractivity contribution in [1.29, 1.82) is 0 Å². The summed E-state index contributed by atoms with van der Waals surface area (Å²) in [5.41, 5.74) is 0. The summed E-state index contributed by atoms with van der Waals surface area (Å²) >= 11 is 0. The van der Waals surface area contributed by atoms with Crippen LogP contribution in [0.15, 0.2) is 0 Å². The maximum atomic E-state index is 7.81. The molecule has 3 heteroatoms. The van der Waals surface area contributed by atoms with Gasteiger partial charge in [0, 0.05) is 38.5 Å². The number of hydrogen-bond donors (Lipinski definition) is 2. The molecule has 2 N–H and O–H groups in total. The van der Waals surface area contributed by atoms with E-state index in [2.05, 4.69) is 27.7 Å². The van der Waals surface area contributed by atoms with Crippen molar-refractivity contribution in [2.24, 2.45) is 0 Å². The molecule has 0 aliphatic heterocycles. The fraction of sp³-hybridized carbons (Fsp3) is 0.700. The molecule has 0 aromatic carbocycles. The molecule has 0 bridgehead atoms. The first-order valence-corrected chi connectivity index (χ1v) is 4.34. The number of aliphatic hydroxyl groups excluding tert-OH is 2. The van der Waals surface area contributed by atoms with Gasteiger partial charge in [0.05, 0.1) is 0 Å². The Bertz CT molecular complexity index is 33.6. The molecule has 0 rings (SSSR count). The summed E-state index contributed by atoms with van der Waals surface area (Å²) in [7, 11) is 0. The van der Waals surface area contributed by atoms with Gasteiger partial charge in [-0.1, -0.05) is 40.5 Å². The Morgan fingerprint density at radius 3 is 1.08 bits per heavy atom. The Morgan fingerprint density at radius 1 is 0.923 bits per heavy atom. The fourth-order valence-corrected chi connectivity index (χ4v) is 0. The molecule has 0 heterocycles. The van der Waals surface area contributed by atoms with Gasteiger partial charge in [0.2, 0.25) is 0 Å². The van der Waals surface area contributed by atoms with Crippen LogP contribution in [0.3, 0.4) is 0 Å². The SMILES string of the molecule is [CH2]CCC.[CH2]CCO.[CH2]CCO.[HH].[Sn]. The van der Waals surface area contributed by atoms with Crippen molar-refractivity contribution in [2.75, 3.05) is 13.2 Å². The van der Waals surface area contributed by atoms with E-state index < -0.39 is 0 Å². The van der Waals surface area contributed by atoms with Crippen LogP contribution >= 0.6 is 0 Å². The van der Waals surface area contributed by atoms with E-state index in [0.29, 0.717) is 12.8 Å². The van der Waals surface area contributed by atoms with Crippen LogP contribution in [0.25, 0.3) is 0 Å². The maximum absolute atomic E-state index is 7.81. The molecule has 0 aromatic heterocycles. The molecule has 0 aromatic rings. The smallest absolute Gasteiger partial charge is 0.0431 e. The number of rotatable bonds is 3. The Kier molecular flexibility index (Phi) is 69.9. The van der Waals surface area contributed by atoms with Gasteiger partial charge < -0.3 is 10.2 Å². The molecule has 2 nitrogen and oxygen atoms in total. The molecule has 0 aliphatic carbocycles. The summed E-state index contributed by atoms with van der Waals surface area (Å²) in [5, 5.41) is 15.6. The predicted octanol–water partition coefficient (Wildman–Crippen LogP) is 1.89. The molecule has 0 spiro atoms. The third-order valence-electron chi connectivity index (χ3n) is 0.670. The quantitative estimate of drug-likeness (QED) is 0.781. The summed E-state index contributed by atoms with van der Waals surface area (Å²) in [6, 6.07) is 0. The molecule has 0 aliphatic rings. The van der Waals surface area contributed by atoms with Gasteiger partial charge in [-0.05, 0) is 12.8 Å². The number of aliphatic hydroxyl groups is 2. The van der Waals surface area contributed by atoms with Crippen molar-refractivity contribution < 1.29 is 11.6 Å². The van der Waals surface area contributed by atoms with Gasteiger partial charge in [0.15, 0.2) is 0 Å². The first-order valence-electron chi connectivity index (χ1n) is 4.34. The van der Waals surface area contributed by atoms with E-state index in [9.17, 15) is 0 Å². The van der Waals surface area contributed by atoms with Crippen LogP contribution in [0, 0.1) is 20.8 Å². The topological polar surface area (TPSA) is 40.5 Å². The summed E-state index contributed by atoms with van der Waals surface area (Å²) in [4.78, 5) is 0. The molecule has 0 amide bonds. The third kappa shape index (κ3) is 106. The second-order valence-electron chi connectivity index (χ2n) is 2.01. The van der Waals surface area contributed by atoms with E-state index in [1.54, 1.807) is 0 Å². The average molecular weight is 296 g/mol. The Morgan fingerprint density at radius 2 is 1.08 bits per heavy atom. The van der Waals surface area contributed by atoms with Gasteiger partial charge in [-0.25, -0.2) is 0 Å². The average Bonchev–Trinajstić information content (AvgIpc) is 2.18. The second-order valence-corrected chi connectivity index (χ2v) is 2.01. The minimum atomic E-state index is 0. The standard InChI is InChI=1S/C4H9.2C3H7O.Sn.H2/c1-3-4-2;2*1-2-3-4;;/h1,3-4H2,2H3;2*4H,1-3H2;;1H. The van der Waals surface area contributed by atoms with Gasteiger partial charge in [-0.15, -0.1) is 0 Å². The molecule has 7 radical (unpaired) electrons. The molecule has 0 unspecified atom stereocenters. The molecule has 0 atom stereocenters. The van der Waals surface area contributed by atoms with Crippen molar-refractivity contribution >= 4 is 23.9 Å². The zero-order chi connectivity index (χ0) is 10.2. The molecular weight excluding hydrogens is 271 g/mol. The summed E-state index contributed by atoms with van der Waals surface area (Å²) in [5.74, 6) is 0. The first-order chi connectivity index (χ1) is 5.74. The van der Waals surface area contributed by atoms with E-state index >= 15 is 0 Å². The van der Waals surface area contributed by atoms with E-state index in [1.807, 2.05) is 0 Å². The zero-order valence-electron chi connectivity index (χ0n) is 8.76. The molecular formula is C10H25O2Sn. The monoisotopic (exact) mass is 297 g/mol. The summed E-state index contributed by atoms with van der Waals surface area (Å²) in [6.45, 7) is 12.8. The van der Waals surface area contributed by atoms with Crippen LogP contribution < -0.4 is 0 Å². The van der Waals surface area contributed by atoms with Gasteiger partial charge in [-0.2, -0.15) is 0 Å². The van der Waals surface area contributed by atoms with Crippen molar-refractivity contribution in [1.82, 2.24) is 0 Å². The van der Waals surface area contributed by atoms with Crippen molar-refractivity contribution in [3.05, 3.63) is 20.8 Å². The minimum absolute atomic E-state index is 0. The van der Waals surface area contributed by atoms with Crippen LogP contribution in [0.1, 0.15) is 34.0 Å². The van der Waals surface area contributed by atoms with Crippen LogP contribution in [-0.4, -0.2) is 47.3 Å². The van der Waals surface area contributed by atoms with Gasteiger partial charge in [0.25, 0.3) is 0 Å². The predicted molar refractivity (Wildman–Crippen MR) is 62.3 cm³/mol.